The normalized spacial score (nSPS) is 23.5. The van der Waals surface area contributed by atoms with Crippen molar-refractivity contribution in [3.63, 3.8) is 0 Å². The van der Waals surface area contributed by atoms with Crippen LogP contribution in [0.5, 0.6) is 0 Å². The highest BCUT2D eigenvalue weighted by molar-refractivity contribution is 5.75. The molecule has 2 aliphatic rings. The van der Waals surface area contributed by atoms with Crippen LogP contribution in [0.2, 0.25) is 0 Å². The van der Waals surface area contributed by atoms with Crippen molar-refractivity contribution in [3.05, 3.63) is 70.6 Å². The lowest BCUT2D eigenvalue weighted by atomic mass is 9.84. The second-order valence-electron chi connectivity index (χ2n) is 9.32. The topological polar surface area (TPSA) is 23.6 Å². The molecule has 3 rings (SSSR count). The molecule has 1 fully saturated rings. The number of alkyl halides is 6. The average Bonchev–Trinajstić information content (AvgIpc) is 2.91. The van der Waals surface area contributed by atoms with Crippen LogP contribution in [0.15, 0.2) is 53.9 Å². The zero-order valence-electron chi connectivity index (χ0n) is 19.6. The van der Waals surface area contributed by atoms with Gasteiger partial charge in [-0.05, 0) is 61.6 Å². The Hall–Kier alpha value is -2.78. The summed E-state index contributed by atoms with van der Waals surface area (Å²) in [6.45, 7) is 3.72. The number of nitrogens with zero attached hydrogens (tertiary/aromatic N) is 2. The van der Waals surface area contributed by atoms with Gasteiger partial charge in [-0.3, -0.25) is 0 Å². The van der Waals surface area contributed by atoms with Gasteiger partial charge in [-0.25, -0.2) is 9.18 Å². The van der Waals surface area contributed by atoms with Gasteiger partial charge in [0.2, 0.25) is 0 Å². The van der Waals surface area contributed by atoms with Crippen LogP contribution < -0.4 is 0 Å². The van der Waals surface area contributed by atoms with E-state index in [2.05, 4.69) is 0 Å². The lowest BCUT2D eigenvalue weighted by Gasteiger charge is -2.42. The Morgan fingerprint density at radius 3 is 2.26 bits per heavy atom. The molecule has 1 saturated heterocycles. The van der Waals surface area contributed by atoms with Crippen molar-refractivity contribution >= 4 is 6.03 Å². The molecule has 1 aliphatic heterocycles. The number of carbonyl (C=O) groups excluding carboxylic acids is 1. The lowest BCUT2D eigenvalue weighted by molar-refractivity contribution is -0.143. The second-order valence-corrected chi connectivity index (χ2v) is 9.32. The standard InChI is InChI=1S/C25H27F7N2O/c1-15-6-7-34(22(10-15)18-4-5-21(26)9-16(2)8-18)23(35)33(3)14-17-11-19(24(27,28)29)13-20(12-17)25(30,31)32/h4-5,8-9,11-13,15,18,22H,6-7,10,14H2,1-3H3/t15-,18?,22+/m0/s1. The molecule has 0 spiro atoms. The molecule has 1 unspecified atom stereocenters. The summed E-state index contributed by atoms with van der Waals surface area (Å²) in [6.07, 6.45) is -2.36. The van der Waals surface area contributed by atoms with Crippen LogP contribution in [-0.4, -0.2) is 35.5 Å². The number of hydrogen-bond donors (Lipinski definition) is 0. The molecule has 3 atom stereocenters. The van der Waals surface area contributed by atoms with Crippen molar-refractivity contribution < 1.29 is 35.5 Å². The molecule has 0 radical (unpaired) electrons. The maximum atomic E-state index is 13.9. The molecule has 35 heavy (non-hydrogen) atoms. The number of amides is 2. The number of piperidine rings is 1. The van der Waals surface area contributed by atoms with Crippen LogP contribution in [0.1, 0.15) is 43.4 Å². The van der Waals surface area contributed by atoms with E-state index in [4.69, 9.17) is 0 Å². The van der Waals surface area contributed by atoms with E-state index in [-0.39, 0.29) is 29.5 Å². The average molecular weight is 504 g/mol. The first-order valence-electron chi connectivity index (χ1n) is 11.2. The Bertz CT molecular complexity index is 1010. The summed E-state index contributed by atoms with van der Waals surface area (Å²) in [6, 6.07) is 0.483. The number of hydrogen-bond acceptors (Lipinski definition) is 1. The highest BCUT2D eigenvalue weighted by atomic mass is 19.4. The number of rotatable bonds is 3. The van der Waals surface area contributed by atoms with E-state index >= 15 is 0 Å². The summed E-state index contributed by atoms with van der Waals surface area (Å²) in [7, 11) is 1.34. The van der Waals surface area contributed by atoms with Gasteiger partial charge in [0.05, 0.1) is 11.1 Å². The van der Waals surface area contributed by atoms with Crippen LogP contribution in [0.3, 0.4) is 0 Å². The van der Waals surface area contributed by atoms with Gasteiger partial charge in [-0.2, -0.15) is 26.3 Å². The van der Waals surface area contributed by atoms with Crippen molar-refractivity contribution in [2.75, 3.05) is 13.6 Å². The number of carbonyl (C=O) groups is 1. The van der Waals surface area contributed by atoms with Gasteiger partial charge >= 0.3 is 18.4 Å². The fourth-order valence-electron chi connectivity index (χ4n) is 4.57. The SMILES string of the molecule is CC1=CC([C@H]2C[C@@H](C)CCN2C(=O)N(C)Cc2cc(C(F)(F)F)cc(C(F)(F)F)c2)C=CC(F)=C1. The van der Waals surface area contributed by atoms with E-state index in [9.17, 15) is 35.5 Å². The number of allylic oxidation sites excluding steroid dienone is 4. The summed E-state index contributed by atoms with van der Waals surface area (Å²) in [5, 5.41) is 0. The van der Waals surface area contributed by atoms with Crippen molar-refractivity contribution in [2.45, 2.75) is 51.6 Å². The van der Waals surface area contributed by atoms with E-state index < -0.39 is 41.9 Å². The first-order valence-corrected chi connectivity index (χ1v) is 11.2. The Kier molecular flexibility index (Phi) is 7.71. The van der Waals surface area contributed by atoms with Crippen LogP contribution >= 0.6 is 0 Å². The fraction of sp³-hybridized carbons (Fsp3) is 0.480. The fourth-order valence-corrected chi connectivity index (χ4v) is 4.57. The molecule has 0 bridgehead atoms. The molecule has 0 N–H and O–H groups in total. The quantitative estimate of drug-likeness (QED) is 0.395. The molecule has 1 aliphatic carbocycles. The molecular formula is C25H27F7N2O. The molecular weight excluding hydrogens is 477 g/mol. The minimum absolute atomic E-state index is 0.0631. The summed E-state index contributed by atoms with van der Waals surface area (Å²) in [4.78, 5) is 16.0. The Labute approximate surface area is 199 Å². The highest BCUT2D eigenvalue weighted by Gasteiger charge is 2.38. The largest absolute Gasteiger partial charge is 0.416 e. The summed E-state index contributed by atoms with van der Waals surface area (Å²) < 4.78 is 93.1. The molecule has 0 aromatic heterocycles. The maximum Gasteiger partial charge on any atom is 0.416 e. The first kappa shape index (κ1) is 26.8. The van der Waals surface area contributed by atoms with Gasteiger partial charge in [0, 0.05) is 32.1 Å². The van der Waals surface area contributed by atoms with E-state index in [1.54, 1.807) is 17.9 Å². The minimum Gasteiger partial charge on any atom is -0.323 e. The molecule has 0 saturated carbocycles. The van der Waals surface area contributed by atoms with E-state index in [1.165, 1.54) is 19.2 Å². The number of urea groups is 1. The minimum atomic E-state index is -4.97. The summed E-state index contributed by atoms with van der Waals surface area (Å²) in [5.74, 6) is -0.412. The van der Waals surface area contributed by atoms with Gasteiger partial charge in [-0.15, -0.1) is 0 Å². The van der Waals surface area contributed by atoms with Crippen LogP contribution in [0, 0.1) is 11.8 Å². The van der Waals surface area contributed by atoms with Gasteiger partial charge in [0.1, 0.15) is 5.83 Å². The van der Waals surface area contributed by atoms with E-state index in [0.717, 1.165) is 4.90 Å². The molecule has 10 heteroatoms. The number of likely N-dealkylation sites (tertiary alicyclic amines) is 1. The Morgan fingerprint density at radius 2 is 1.69 bits per heavy atom. The Morgan fingerprint density at radius 1 is 1.09 bits per heavy atom. The summed E-state index contributed by atoms with van der Waals surface area (Å²) in [5.41, 5.74) is -2.43. The van der Waals surface area contributed by atoms with Crippen LogP contribution in [0.25, 0.3) is 0 Å². The van der Waals surface area contributed by atoms with Crippen LogP contribution in [0.4, 0.5) is 35.5 Å². The molecule has 1 aromatic rings. The van der Waals surface area contributed by atoms with E-state index in [1.807, 2.05) is 13.0 Å². The number of halogens is 7. The van der Waals surface area contributed by atoms with E-state index in [0.29, 0.717) is 37.1 Å². The zero-order chi connectivity index (χ0) is 26.1. The van der Waals surface area contributed by atoms with Gasteiger partial charge in [0.25, 0.3) is 0 Å². The number of benzene rings is 1. The highest BCUT2D eigenvalue weighted by Crippen LogP contribution is 2.37. The molecule has 3 nitrogen and oxygen atoms in total. The van der Waals surface area contributed by atoms with Crippen molar-refractivity contribution in [3.8, 4) is 0 Å². The molecule has 192 valence electrons. The van der Waals surface area contributed by atoms with Gasteiger partial charge < -0.3 is 9.80 Å². The predicted octanol–water partition coefficient (Wildman–Crippen LogP) is 7.36. The van der Waals surface area contributed by atoms with Crippen molar-refractivity contribution in [1.29, 1.82) is 0 Å². The first-order chi connectivity index (χ1) is 16.1. The Balaban J connectivity index is 1.87. The lowest BCUT2D eigenvalue weighted by Crippen LogP contribution is -2.52. The zero-order valence-corrected chi connectivity index (χ0v) is 19.6. The van der Waals surface area contributed by atoms with Crippen LogP contribution in [-0.2, 0) is 18.9 Å². The van der Waals surface area contributed by atoms with Crippen molar-refractivity contribution in [2.24, 2.45) is 11.8 Å². The maximum absolute atomic E-state index is 13.9. The summed E-state index contributed by atoms with van der Waals surface area (Å²) >= 11 is 0. The monoisotopic (exact) mass is 504 g/mol. The van der Waals surface area contributed by atoms with Crippen molar-refractivity contribution in [1.82, 2.24) is 9.80 Å². The third kappa shape index (κ3) is 6.67. The van der Waals surface area contributed by atoms with Gasteiger partial charge in [0.15, 0.2) is 0 Å². The third-order valence-corrected chi connectivity index (χ3v) is 6.29. The third-order valence-electron chi connectivity index (χ3n) is 6.29. The molecule has 1 aromatic carbocycles. The van der Waals surface area contributed by atoms with Gasteiger partial charge in [-0.1, -0.05) is 24.6 Å². The molecule has 2 amide bonds. The smallest absolute Gasteiger partial charge is 0.323 e. The second kappa shape index (κ2) is 10.1. The predicted molar refractivity (Wildman–Crippen MR) is 118 cm³/mol. The molecule has 1 heterocycles.